The first kappa shape index (κ1) is 51.3. The average Bonchev–Trinajstić information content (AvgIpc) is 2.97. The van der Waals surface area contributed by atoms with Crippen molar-refractivity contribution in [2.75, 3.05) is 0 Å². The number of aryl methyl sites for hydroxylation is 6. The summed E-state index contributed by atoms with van der Waals surface area (Å²) in [5.74, 6) is 1.39. The Labute approximate surface area is 351 Å². The van der Waals surface area contributed by atoms with Crippen LogP contribution in [0.2, 0.25) is 0 Å². The Morgan fingerprint density at radius 2 is 0.333 bits per heavy atom. The minimum absolute atomic E-state index is 0.0178. The van der Waals surface area contributed by atoms with Crippen molar-refractivity contribution in [3.05, 3.63) is 121 Å². The van der Waals surface area contributed by atoms with Crippen LogP contribution in [0.3, 0.4) is 0 Å². The molecule has 4 aromatic carbocycles. The molecule has 0 aliphatic heterocycles. The van der Waals surface area contributed by atoms with Crippen molar-refractivity contribution in [1.82, 2.24) is 0 Å². The van der Waals surface area contributed by atoms with Crippen molar-refractivity contribution in [3.63, 3.8) is 0 Å². The van der Waals surface area contributed by atoms with E-state index in [-0.39, 0.29) is 32.5 Å². The molecule has 3 nitrogen and oxygen atoms in total. The maximum Gasteiger partial charge on any atom is 0.123 e. The summed E-state index contributed by atoms with van der Waals surface area (Å²) >= 11 is 0. The van der Waals surface area contributed by atoms with Crippen LogP contribution in [0.25, 0.3) is 0 Å². The lowest BCUT2D eigenvalue weighted by Gasteiger charge is -2.27. The first-order valence-corrected chi connectivity index (χ1v) is 20.9. The van der Waals surface area contributed by atoms with Crippen LogP contribution in [0.4, 0.5) is 0 Å². The topological polar surface area (TPSA) is 60.7 Å². The molecule has 0 atom stereocenters. The molecule has 318 valence electrons. The molecule has 0 aliphatic rings. The smallest absolute Gasteiger partial charge is 0.123 e. The molecular weight excluding hydrogens is 697 g/mol. The summed E-state index contributed by atoms with van der Waals surface area (Å²) < 4.78 is 0. The Bertz CT molecular complexity index is 1600. The molecule has 0 amide bonds. The van der Waals surface area contributed by atoms with Crippen molar-refractivity contribution in [3.8, 4) is 17.2 Å². The number of rotatable bonds is 0. The van der Waals surface area contributed by atoms with Gasteiger partial charge in [0.15, 0.2) is 0 Å². The SMILES string of the molecule is Cc1cc(C(C)(C)C)c(O)c(C(C)(C)C)c1.Cc1cc(C(C)(C)C)c(O)c(C(C)(C)C)c1.Cc1cc(C(C)(C)C)c(O)c(C(C)(C)C)c1.Cc1cc(C)cc(C)c1. The molecule has 0 aliphatic carbocycles. The third-order valence-electron chi connectivity index (χ3n) is 9.98. The summed E-state index contributed by atoms with van der Waals surface area (Å²) in [4.78, 5) is 0. The zero-order chi connectivity index (χ0) is 45.0. The van der Waals surface area contributed by atoms with Gasteiger partial charge in [0.1, 0.15) is 17.2 Å². The second-order valence-corrected chi connectivity index (χ2v) is 22.8. The number of hydrogen-bond acceptors (Lipinski definition) is 3. The monoisotopic (exact) mass is 781 g/mol. The van der Waals surface area contributed by atoms with Crippen molar-refractivity contribution in [2.45, 2.75) is 199 Å². The minimum atomic E-state index is -0.0178. The van der Waals surface area contributed by atoms with Crippen LogP contribution >= 0.6 is 0 Å². The molecule has 57 heavy (non-hydrogen) atoms. The number of hydrogen-bond donors (Lipinski definition) is 3. The van der Waals surface area contributed by atoms with Gasteiger partial charge in [-0.1, -0.05) is 213 Å². The zero-order valence-electron chi connectivity index (χ0n) is 41.0. The highest BCUT2D eigenvalue weighted by molar-refractivity contribution is 5.51. The van der Waals surface area contributed by atoms with Crippen LogP contribution in [0, 0.1) is 41.5 Å². The molecule has 4 aromatic rings. The standard InChI is InChI=1S/3C15H24O.C9H12/c3*1-10-8-11(14(2,3)4)13(16)12(9-10)15(5,6)7;1-7-4-8(2)6-9(3)5-7/h3*8-9,16H,1-7H3;4-6H,1-3H3. The molecular formula is C54H84O3. The third-order valence-corrected chi connectivity index (χ3v) is 9.98. The van der Waals surface area contributed by atoms with Crippen molar-refractivity contribution < 1.29 is 15.3 Å². The van der Waals surface area contributed by atoms with Crippen molar-refractivity contribution >= 4 is 0 Å². The fourth-order valence-corrected chi connectivity index (χ4v) is 6.97. The van der Waals surface area contributed by atoms with Gasteiger partial charge >= 0.3 is 0 Å². The van der Waals surface area contributed by atoms with Gasteiger partial charge in [-0.2, -0.15) is 0 Å². The molecule has 0 saturated carbocycles. The molecule has 0 radical (unpaired) electrons. The lowest BCUT2D eigenvalue weighted by Crippen LogP contribution is -2.17. The van der Waals surface area contributed by atoms with E-state index in [1.807, 2.05) is 0 Å². The Morgan fingerprint density at radius 3 is 0.439 bits per heavy atom. The van der Waals surface area contributed by atoms with Gasteiger partial charge in [0.2, 0.25) is 0 Å². The van der Waals surface area contributed by atoms with Gasteiger partial charge in [0.05, 0.1) is 0 Å². The minimum Gasteiger partial charge on any atom is -0.507 e. The predicted molar refractivity (Wildman–Crippen MR) is 251 cm³/mol. The lowest BCUT2D eigenvalue weighted by atomic mass is 9.78. The Morgan fingerprint density at radius 1 is 0.228 bits per heavy atom. The normalized spacial score (nSPS) is 12.4. The molecule has 0 unspecified atom stereocenters. The van der Waals surface area contributed by atoms with E-state index in [0.717, 1.165) is 33.4 Å². The largest absolute Gasteiger partial charge is 0.507 e. The van der Waals surface area contributed by atoms with E-state index in [2.05, 4.69) is 221 Å². The van der Waals surface area contributed by atoms with E-state index < -0.39 is 0 Å². The van der Waals surface area contributed by atoms with Gasteiger partial charge in [-0.05, 0) is 107 Å². The van der Waals surface area contributed by atoms with E-state index in [0.29, 0.717) is 17.2 Å². The maximum atomic E-state index is 10.4. The van der Waals surface area contributed by atoms with Crippen LogP contribution < -0.4 is 0 Å². The van der Waals surface area contributed by atoms with Crippen molar-refractivity contribution in [1.29, 1.82) is 0 Å². The summed E-state index contributed by atoms with van der Waals surface area (Å²) in [6, 6.07) is 19.1. The number of aromatic hydroxyl groups is 3. The van der Waals surface area contributed by atoms with E-state index in [1.54, 1.807) is 0 Å². The number of phenolic OH excluding ortho intramolecular Hbond substituents is 3. The molecule has 3 N–H and O–H groups in total. The van der Waals surface area contributed by atoms with Crippen LogP contribution in [0.5, 0.6) is 17.2 Å². The van der Waals surface area contributed by atoms with Crippen molar-refractivity contribution in [2.24, 2.45) is 0 Å². The molecule has 0 fully saturated rings. The quantitative estimate of drug-likeness (QED) is 0.167. The van der Waals surface area contributed by atoms with Crippen LogP contribution in [-0.4, -0.2) is 15.3 Å². The highest BCUT2D eigenvalue weighted by atomic mass is 16.3. The van der Waals surface area contributed by atoms with Crippen LogP contribution in [0.1, 0.15) is 191 Å². The molecule has 3 heteroatoms. The second-order valence-electron chi connectivity index (χ2n) is 22.8. The molecule has 0 spiro atoms. The third kappa shape index (κ3) is 15.5. The summed E-state index contributed by atoms with van der Waals surface area (Å²) in [6.45, 7) is 51.0. The number of benzene rings is 4. The fourth-order valence-electron chi connectivity index (χ4n) is 6.97. The Kier molecular flexibility index (Phi) is 16.6. The van der Waals surface area contributed by atoms with Gasteiger partial charge in [0, 0.05) is 0 Å². The number of phenols is 3. The van der Waals surface area contributed by atoms with E-state index in [1.165, 1.54) is 33.4 Å². The van der Waals surface area contributed by atoms with Gasteiger partial charge < -0.3 is 15.3 Å². The lowest BCUT2D eigenvalue weighted by molar-refractivity contribution is 0.422. The fraction of sp³-hybridized carbons (Fsp3) is 0.556. The van der Waals surface area contributed by atoms with Crippen LogP contribution in [-0.2, 0) is 32.5 Å². The van der Waals surface area contributed by atoms with Gasteiger partial charge in [-0.15, -0.1) is 0 Å². The van der Waals surface area contributed by atoms with Gasteiger partial charge in [-0.25, -0.2) is 0 Å². The molecule has 4 rings (SSSR count). The van der Waals surface area contributed by atoms with Gasteiger partial charge in [-0.3, -0.25) is 0 Å². The molecule has 0 saturated heterocycles. The second kappa shape index (κ2) is 18.5. The summed E-state index contributed by atoms with van der Waals surface area (Å²) in [7, 11) is 0. The van der Waals surface area contributed by atoms with Crippen LogP contribution in [0.15, 0.2) is 54.6 Å². The maximum absolute atomic E-state index is 10.4. The highest BCUT2D eigenvalue weighted by Gasteiger charge is 2.28. The predicted octanol–water partition coefficient (Wildman–Crippen LogP) is 15.5. The summed E-state index contributed by atoms with van der Waals surface area (Å²) in [5.41, 5.74) is 13.8. The zero-order valence-corrected chi connectivity index (χ0v) is 41.0. The molecule has 0 aromatic heterocycles. The molecule has 0 heterocycles. The van der Waals surface area contributed by atoms with E-state index in [4.69, 9.17) is 0 Å². The van der Waals surface area contributed by atoms with Gasteiger partial charge in [0.25, 0.3) is 0 Å². The summed E-state index contributed by atoms with van der Waals surface area (Å²) in [5, 5.41) is 31.2. The Balaban J connectivity index is 0.000000387. The average molecular weight is 781 g/mol. The highest BCUT2D eigenvalue weighted by Crippen LogP contribution is 2.42. The first-order chi connectivity index (χ1) is 25.3. The van der Waals surface area contributed by atoms with E-state index >= 15 is 0 Å². The Hall–Kier alpha value is -3.72. The molecule has 0 bridgehead atoms. The summed E-state index contributed by atoms with van der Waals surface area (Å²) in [6.07, 6.45) is 0. The van der Waals surface area contributed by atoms with E-state index in [9.17, 15) is 15.3 Å². The first-order valence-electron chi connectivity index (χ1n) is 20.9.